The predicted molar refractivity (Wildman–Crippen MR) is 116 cm³/mol. The lowest BCUT2D eigenvalue weighted by molar-refractivity contribution is 0.0926. The summed E-state index contributed by atoms with van der Waals surface area (Å²) in [5.41, 5.74) is 2.32. The first-order valence-electron chi connectivity index (χ1n) is 8.72. The van der Waals surface area contributed by atoms with Crippen molar-refractivity contribution in [1.82, 2.24) is 0 Å². The summed E-state index contributed by atoms with van der Waals surface area (Å²) < 4.78 is 0.696. The zero-order valence-corrected chi connectivity index (χ0v) is 17.5. The van der Waals surface area contributed by atoms with Crippen LogP contribution in [0.4, 0.5) is 11.4 Å². The van der Waals surface area contributed by atoms with Crippen molar-refractivity contribution < 1.29 is 14.4 Å². The standard InChI is InChI=1S/C22H14BrClN2O3/c1-12-17(24)6-4-7-18(12)25-20(27)15-5-2-3-8-19(15)26-21(28)14-10-9-13(23)11-16(14)22(26)29/h2-11H,1H3,(H,25,27). The van der Waals surface area contributed by atoms with E-state index in [2.05, 4.69) is 21.2 Å². The summed E-state index contributed by atoms with van der Waals surface area (Å²) in [7, 11) is 0. The van der Waals surface area contributed by atoms with Gasteiger partial charge in [0.15, 0.2) is 0 Å². The number of carbonyl (C=O) groups is 3. The predicted octanol–water partition coefficient (Wildman–Crippen LogP) is 5.46. The van der Waals surface area contributed by atoms with Crippen LogP contribution in [0.2, 0.25) is 5.02 Å². The van der Waals surface area contributed by atoms with Gasteiger partial charge in [-0.05, 0) is 55.0 Å². The van der Waals surface area contributed by atoms with Crippen molar-refractivity contribution in [2.24, 2.45) is 0 Å². The maximum Gasteiger partial charge on any atom is 0.266 e. The van der Waals surface area contributed by atoms with Crippen LogP contribution < -0.4 is 10.2 Å². The van der Waals surface area contributed by atoms with Crippen molar-refractivity contribution in [1.29, 1.82) is 0 Å². The minimum Gasteiger partial charge on any atom is -0.322 e. The van der Waals surface area contributed by atoms with Gasteiger partial charge in [-0.3, -0.25) is 14.4 Å². The molecule has 0 atom stereocenters. The summed E-state index contributed by atoms with van der Waals surface area (Å²) in [5, 5.41) is 3.34. The summed E-state index contributed by atoms with van der Waals surface area (Å²) >= 11 is 9.45. The Labute approximate surface area is 180 Å². The number of fused-ring (bicyclic) bond motifs is 1. The van der Waals surface area contributed by atoms with Gasteiger partial charge in [-0.25, -0.2) is 4.90 Å². The second-order valence-electron chi connectivity index (χ2n) is 6.52. The highest BCUT2D eigenvalue weighted by molar-refractivity contribution is 9.10. The van der Waals surface area contributed by atoms with Crippen LogP contribution in [0.3, 0.4) is 0 Å². The molecular formula is C22H14BrClN2O3. The molecule has 144 valence electrons. The minimum absolute atomic E-state index is 0.209. The highest BCUT2D eigenvalue weighted by Gasteiger charge is 2.38. The van der Waals surface area contributed by atoms with E-state index in [0.29, 0.717) is 26.3 Å². The third-order valence-corrected chi connectivity index (χ3v) is 5.66. The van der Waals surface area contributed by atoms with Gasteiger partial charge in [-0.15, -0.1) is 0 Å². The first-order valence-corrected chi connectivity index (χ1v) is 9.89. The number of rotatable bonds is 3. The van der Waals surface area contributed by atoms with Crippen LogP contribution in [0.15, 0.2) is 65.1 Å². The van der Waals surface area contributed by atoms with Crippen molar-refractivity contribution in [2.45, 2.75) is 6.92 Å². The summed E-state index contributed by atoms with van der Waals surface area (Å²) in [6.07, 6.45) is 0. The largest absolute Gasteiger partial charge is 0.322 e. The van der Waals surface area contributed by atoms with Crippen LogP contribution in [0.1, 0.15) is 36.6 Å². The Kier molecular flexibility index (Phi) is 4.98. The topological polar surface area (TPSA) is 66.5 Å². The number of hydrogen-bond acceptors (Lipinski definition) is 3. The molecule has 3 aromatic rings. The van der Waals surface area contributed by atoms with Crippen molar-refractivity contribution in [3.05, 3.63) is 92.4 Å². The van der Waals surface area contributed by atoms with Crippen molar-refractivity contribution in [3.8, 4) is 0 Å². The fourth-order valence-corrected chi connectivity index (χ4v) is 3.76. The fraction of sp³-hybridized carbons (Fsp3) is 0.0455. The van der Waals surface area contributed by atoms with Gasteiger partial charge in [0.25, 0.3) is 17.7 Å². The molecule has 1 aliphatic heterocycles. The Morgan fingerprint density at radius 3 is 2.48 bits per heavy atom. The normalized spacial score (nSPS) is 12.9. The average Bonchev–Trinajstić information content (AvgIpc) is 2.95. The zero-order valence-electron chi connectivity index (χ0n) is 15.2. The molecule has 0 unspecified atom stereocenters. The molecule has 3 amide bonds. The highest BCUT2D eigenvalue weighted by atomic mass is 79.9. The zero-order chi connectivity index (χ0) is 20.7. The van der Waals surface area contributed by atoms with Gasteiger partial charge in [-0.1, -0.05) is 45.7 Å². The molecule has 1 heterocycles. The third-order valence-electron chi connectivity index (χ3n) is 4.75. The Balaban J connectivity index is 1.73. The number of para-hydroxylation sites is 1. The second-order valence-corrected chi connectivity index (χ2v) is 7.84. The van der Waals surface area contributed by atoms with Gasteiger partial charge in [0.2, 0.25) is 0 Å². The lowest BCUT2D eigenvalue weighted by Gasteiger charge is -2.18. The lowest BCUT2D eigenvalue weighted by Crippen LogP contribution is -2.31. The van der Waals surface area contributed by atoms with Gasteiger partial charge < -0.3 is 5.32 Å². The number of hydrogen-bond donors (Lipinski definition) is 1. The van der Waals surface area contributed by atoms with E-state index >= 15 is 0 Å². The maximum atomic E-state index is 13.0. The molecule has 0 aliphatic carbocycles. The summed E-state index contributed by atoms with van der Waals surface area (Å²) in [6.45, 7) is 1.80. The number of anilines is 2. The van der Waals surface area contributed by atoms with Gasteiger partial charge in [0, 0.05) is 15.2 Å². The Morgan fingerprint density at radius 2 is 1.69 bits per heavy atom. The molecule has 0 saturated carbocycles. The quantitative estimate of drug-likeness (QED) is 0.518. The van der Waals surface area contributed by atoms with Crippen molar-refractivity contribution >= 4 is 56.6 Å². The molecule has 4 rings (SSSR count). The second kappa shape index (κ2) is 7.46. The van der Waals surface area contributed by atoms with Gasteiger partial charge in [0.05, 0.1) is 22.4 Å². The molecule has 0 radical (unpaired) electrons. The number of benzene rings is 3. The molecule has 5 nitrogen and oxygen atoms in total. The molecule has 1 N–H and O–H groups in total. The molecule has 1 aliphatic rings. The molecule has 3 aromatic carbocycles. The van der Waals surface area contributed by atoms with E-state index in [-0.39, 0.29) is 11.3 Å². The van der Waals surface area contributed by atoms with Gasteiger partial charge >= 0.3 is 0 Å². The smallest absolute Gasteiger partial charge is 0.266 e. The van der Waals surface area contributed by atoms with Crippen molar-refractivity contribution in [3.63, 3.8) is 0 Å². The number of amides is 3. The van der Waals surface area contributed by atoms with Crippen LogP contribution in [-0.2, 0) is 0 Å². The molecule has 0 aromatic heterocycles. The Hall–Kier alpha value is -2.96. The SMILES string of the molecule is Cc1c(Cl)cccc1NC(=O)c1ccccc1N1C(=O)c2ccc(Br)cc2C1=O. The monoisotopic (exact) mass is 468 g/mol. The highest BCUT2D eigenvalue weighted by Crippen LogP contribution is 2.33. The molecule has 7 heteroatoms. The van der Waals surface area contributed by atoms with Gasteiger partial charge in [-0.2, -0.15) is 0 Å². The Morgan fingerprint density at radius 1 is 0.966 bits per heavy atom. The van der Waals surface area contributed by atoms with Crippen LogP contribution in [0, 0.1) is 6.92 Å². The molecule has 0 fully saturated rings. The maximum absolute atomic E-state index is 13.0. The molecule has 29 heavy (non-hydrogen) atoms. The molecule has 0 saturated heterocycles. The van der Waals surface area contributed by atoms with Crippen molar-refractivity contribution in [2.75, 3.05) is 10.2 Å². The van der Waals surface area contributed by atoms with Crippen LogP contribution >= 0.6 is 27.5 Å². The summed E-state index contributed by atoms with van der Waals surface area (Å²) in [4.78, 5) is 39.8. The number of nitrogens with one attached hydrogen (secondary N) is 1. The Bertz CT molecular complexity index is 1190. The summed E-state index contributed by atoms with van der Waals surface area (Å²) in [6, 6.07) is 16.6. The fourth-order valence-electron chi connectivity index (χ4n) is 3.23. The first-order chi connectivity index (χ1) is 13.9. The number of nitrogens with zero attached hydrogens (tertiary/aromatic N) is 1. The van der Waals surface area contributed by atoms with E-state index in [0.717, 1.165) is 10.5 Å². The van der Waals surface area contributed by atoms with E-state index in [4.69, 9.17) is 11.6 Å². The molecular weight excluding hydrogens is 456 g/mol. The van der Waals surface area contributed by atoms with E-state index in [1.807, 2.05) is 0 Å². The molecule has 0 spiro atoms. The summed E-state index contributed by atoms with van der Waals surface area (Å²) in [5.74, 6) is -1.37. The average molecular weight is 470 g/mol. The minimum atomic E-state index is -0.467. The lowest BCUT2D eigenvalue weighted by atomic mass is 10.1. The van der Waals surface area contributed by atoms with E-state index < -0.39 is 17.7 Å². The first kappa shape index (κ1) is 19.4. The van der Waals surface area contributed by atoms with Crippen LogP contribution in [-0.4, -0.2) is 17.7 Å². The molecule has 0 bridgehead atoms. The van der Waals surface area contributed by atoms with E-state index in [1.54, 1.807) is 67.6 Å². The van der Waals surface area contributed by atoms with E-state index in [9.17, 15) is 14.4 Å². The van der Waals surface area contributed by atoms with E-state index in [1.165, 1.54) is 0 Å². The number of carbonyl (C=O) groups excluding carboxylic acids is 3. The van der Waals surface area contributed by atoms with Crippen LogP contribution in [0.25, 0.3) is 0 Å². The third kappa shape index (κ3) is 3.34. The van der Waals surface area contributed by atoms with Gasteiger partial charge in [0.1, 0.15) is 0 Å². The number of halogens is 2. The number of imide groups is 1. The van der Waals surface area contributed by atoms with Crippen LogP contribution in [0.5, 0.6) is 0 Å².